The fourth-order valence-electron chi connectivity index (χ4n) is 2.79. The Morgan fingerprint density at radius 1 is 1.00 bits per heavy atom. The lowest BCUT2D eigenvalue weighted by atomic mass is 10.0. The summed E-state index contributed by atoms with van der Waals surface area (Å²) in [4.78, 5) is 34.4. The van der Waals surface area contributed by atoms with Crippen LogP contribution in [0.2, 0.25) is 0 Å². The summed E-state index contributed by atoms with van der Waals surface area (Å²) >= 11 is 0. The zero-order valence-electron chi connectivity index (χ0n) is 15.3. The lowest BCUT2D eigenvalue weighted by Crippen LogP contribution is -2.49. The molecule has 25 heavy (non-hydrogen) atoms. The minimum absolute atomic E-state index is 0.279. The summed E-state index contributed by atoms with van der Waals surface area (Å²) in [7, 11) is 0. The number of nitrogens with one attached hydrogen (secondary N) is 1. The van der Waals surface area contributed by atoms with Crippen LogP contribution in [0.4, 0.5) is 4.79 Å². The molecule has 0 aromatic heterocycles. The van der Waals surface area contributed by atoms with E-state index in [1.54, 1.807) is 20.8 Å². The lowest BCUT2D eigenvalue weighted by molar-refractivity contribution is -0.144. The van der Waals surface area contributed by atoms with Crippen LogP contribution in [0.25, 0.3) is 0 Å². The summed E-state index contributed by atoms with van der Waals surface area (Å²) in [6.07, 6.45) is 4.61. The van der Waals surface area contributed by atoms with Crippen molar-refractivity contribution in [3.05, 3.63) is 0 Å². The highest BCUT2D eigenvalue weighted by atomic mass is 16.6. The molecule has 2 atom stereocenters. The first-order valence-electron chi connectivity index (χ1n) is 8.80. The number of hydrogen-bond donors (Lipinski definition) is 3. The molecule has 0 bridgehead atoms. The first-order valence-corrected chi connectivity index (χ1v) is 8.80. The Kier molecular flexibility index (Phi) is 8.15. The van der Waals surface area contributed by atoms with Crippen molar-refractivity contribution in [2.45, 2.75) is 77.0 Å². The molecule has 0 unspecified atom stereocenters. The third-order valence-corrected chi connectivity index (χ3v) is 4.02. The first kappa shape index (κ1) is 21.2. The number of aliphatic carboxylic acids is 2. The van der Waals surface area contributed by atoms with E-state index in [1.165, 1.54) is 4.90 Å². The van der Waals surface area contributed by atoms with Crippen molar-refractivity contribution in [2.75, 3.05) is 13.1 Å². The van der Waals surface area contributed by atoms with Crippen molar-refractivity contribution < 1.29 is 29.3 Å². The van der Waals surface area contributed by atoms with Gasteiger partial charge in [0.25, 0.3) is 0 Å². The van der Waals surface area contributed by atoms with E-state index in [0.717, 1.165) is 38.6 Å². The molecule has 2 rings (SSSR count). The second-order valence-electron chi connectivity index (χ2n) is 7.36. The topological polar surface area (TPSA) is 116 Å². The smallest absolute Gasteiger partial charge is 0.411 e. The molecule has 3 N–H and O–H groups in total. The fraction of sp³-hybridized carbons (Fsp3) is 0.824. The second kappa shape index (κ2) is 9.60. The number of likely N-dealkylation sites (tertiary alicyclic amines) is 1. The van der Waals surface area contributed by atoms with Crippen LogP contribution in [0.3, 0.4) is 0 Å². The van der Waals surface area contributed by atoms with Gasteiger partial charge in [-0.3, -0.25) is 9.69 Å². The van der Waals surface area contributed by atoms with Gasteiger partial charge in [0.2, 0.25) is 0 Å². The highest BCUT2D eigenvalue weighted by Crippen LogP contribution is 2.20. The minimum atomic E-state index is -0.953. The molecule has 0 spiro atoms. The predicted octanol–water partition coefficient (Wildman–Crippen LogP) is 2.07. The van der Waals surface area contributed by atoms with E-state index >= 15 is 0 Å². The van der Waals surface area contributed by atoms with E-state index in [0.29, 0.717) is 13.0 Å². The molecule has 2 saturated heterocycles. The standard InChI is InChI=1S/C11H19NO4.C6H11NO2/c1-11(2,3)16-10(15)12-7-5-4-6-8(12)9(13)14;8-6(9)5-3-1-2-4-7-5/h8H,4-7H2,1-3H3,(H,13,14);5,7H,1-4H2,(H,8,9)/t8-;5-/m00/s1. The molecule has 2 aliphatic rings. The molecule has 2 heterocycles. The van der Waals surface area contributed by atoms with Crippen molar-refractivity contribution in [1.29, 1.82) is 0 Å². The molecule has 0 radical (unpaired) electrons. The molecule has 1 amide bonds. The molecule has 0 aromatic rings. The summed E-state index contributed by atoms with van der Waals surface area (Å²) in [6, 6.07) is -1.01. The Labute approximate surface area is 148 Å². The quantitative estimate of drug-likeness (QED) is 0.692. The monoisotopic (exact) mass is 358 g/mol. The fourth-order valence-corrected chi connectivity index (χ4v) is 2.79. The Balaban J connectivity index is 0.000000293. The van der Waals surface area contributed by atoms with Crippen molar-refractivity contribution in [3.63, 3.8) is 0 Å². The van der Waals surface area contributed by atoms with E-state index in [4.69, 9.17) is 14.9 Å². The third kappa shape index (κ3) is 7.72. The Morgan fingerprint density at radius 3 is 2.08 bits per heavy atom. The highest BCUT2D eigenvalue weighted by Gasteiger charge is 2.34. The number of hydrogen-bond acceptors (Lipinski definition) is 5. The normalized spacial score (nSPS) is 23.9. The number of amides is 1. The molecular formula is C17H30N2O6. The van der Waals surface area contributed by atoms with Crippen molar-refractivity contribution >= 4 is 18.0 Å². The van der Waals surface area contributed by atoms with Crippen molar-refractivity contribution in [2.24, 2.45) is 0 Å². The van der Waals surface area contributed by atoms with Crippen LogP contribution in [0.15, 0.2) is 0 Å². The van der Waals surface area contributed by atoms with E-state index in [-0.39, 0.29) is 6.04 Å². The maximum Gasteiger partial charge on any atom is 0.411 e. The number of rotatable bonds is 2. The van der Waals surface area contributed by atoms with Gasteiger partial charge in [-0.2, -0.15) is 0 Å². The van der Waals surface area contributed by atoms with E-state index in [9.17, 15) is 14.4 Å². The Hall–Kier alpha value is -1.83. The van der Waals surface area contributed by atoms with Gasteiger partial charge in [0.05, 0.1) is 0 Å². The summed E-state index contributed by atoms with van der Waals surface area (Å²) in [5.41, 5.74) is -0.586. The first-order chi connectivity index (χ1) is 11.6. The number of ether oxygens (including phenoxy) is 1. The molecule has 2 fully saturated rings. The van der Waals surface area contributed by atoms with Crippen molar-refractivity contribution in [3.8, 4) is 0 Å². The average Bonchev–Trinajstić information content (AvgIpc) is 2.54. The van der Waals surface area contributed by atoms with Gasteiger partial charge >= 0.3 is 18.0 Å². The Bertz CT molecular complexity index is 468. The second-order valence-corrected chi connectivity index (χ2v) is 7.36. The maximum atomic E-state index is 11.8. The lowest BCUT2D eigenvalue weighted by Gasteiger charge is -2.34. The number of nitrogens with zero attached hydrogens (tertiary/aromatic N) is 1. The Morgan fingerprint density at radius 2 is 1.64 bits per heavy atom. The van der Waals surface area contributed by atoms with Gasteiger partial charge in [0.1, 0.15) is 17.7 Å². The van der Waals surface area contributed by atoms with Gasteiger partial charge in [-0.15, -0.1) is 0 Å². The zero-order valence-corrected chi connectivity index (χ0v) is 15.3. The zero-order chi connectivity index (χ0) is 19.0. The van der Waals surface area contributed by atoms with Gasteiger partial charge in [-0.1, -0.05) is 6.42 Å². The predicted molar refractivity (Wildman–Crippen MR) is 91.5 cm³/mol. The molecule has 0 saturated carbocycles. The number of carbonyl (C=O) groups excluding carboxylic acids is 1. The summed E-state index contributed by atoms with van der Waals surface area (Å²) in [5, 5.41) is 20.4. The highest BCUT2D eigenvalue weighted by molar-refractivity contribution is 5.80. The van der Waals surface area contributed by atoms with Crippen LogP contribution < -0.4 is 5.32 Å². The largest absolute Gasteiger partial charge is 0.480 e. The van der Waals surface area contributed by atoms with Gasteiger partial charge in [0.15, 0.2) is 0 Å². The number of carboxylic acid groups (broad SMARTS) is 2. The van der Waals surface area contributed by atoms with Gasteiger partial charge < -0.3 is 20.3 Å². The maximum absolute atomic E-state index is 11.8. The minimum Gasteiger partial charge on any atom is -0.480 e. The molecule has 0 aromatic carbocycles. The van der Waals surface area contributed by atoms with Crippen LogP contribution in [-0.2, 0) is 14.3 Å². The molecule has 2 aliphatic heterocycles. The SMILES string of the molecule is CC(C)(C)OC(=O)N1CCCC[C@H]1C(=O)O.O=C(O)[C@@H]1CCCCN1. The van der Waals surface area contributed by atoms with Crippen molar-refractivity contribution in [1.82, 2.24) is 10.2 Å². The van der Waals surface area contributed by atoms with Gasteiger partial charge in [-0.25, -0.2) is 9.59 Å². The number of carboxylic acids is 2. The van der Waals surface area contributed by atoms with E-state index in [2.05, 4.69) is 5.32 Å². The summed E-state index contributed by atoms with van der Waals surface area (Å²) in [5.74, 6) is -1.67. The van der Waals surface area contributed by atoms with E-state index in [1.807, 2.05) is 0 Å². The van der Waals surface area contributed by atoms with Gasteiger partial charge in [-0.05, 0) is 59.4 Å². The van der Waals surface area contributed by atoms with E-state index < -0.39 is 29.7 Å². The molecule has 8 heteroatoms. The molecule has 144 valence electrons. The number of piperidine rings is 2. The molecular weight excluding hydrogens is 328 g/mol. The van der Waals surface area contributed by atoms with Crippen LogP contribution in [0, 0.1) is 0 Å². The number of carbonyl (C=O) groups is 3. The van der Waals surface area contributed by atoms with Crippen LogP contribution >= 0.6 is 0 Å². The summed E-state index contributed by atoms with van der Waals surface area (Å²) < 4.78 is 5.18. The molecule has 0 aliphatic carbocycles. The van der Waals surface area contributed by atoms with Crippen LogP contribution in [0.1, 0.15) is 59.3 Å². The van der Waals surface area contributed by atoms with Crippen LogP contribution in [-0.4, -0.2) is 63.9 Å². The third-order valence-electron chi connectivity index (χ3n) is 4.02. The summed E-state index contributed by atoms with van der Waals surface area (Å²) in [6.45, 7) is 6.63. The molecule has 8 nitrogen and oxygen atoms in total. The van der Waals surface area contributed by atoms with Crippen LogP contribution in [0.5, 0.6) is 0 Å². The average molecular weight is 358 g/mol. The van der Waals surface area contributed by atoms with Gasteiger partial charge in [0, 0.05) is 6.54 Å².